The molecule has 3 rings (SSSR count). The van der Waals surface area contributed by atoms with Gasteiger partial charge in [-0.2, -0.15) is 13.2 Å². The number of esters is 1. The minimum absolute atomic E-state index is 0.103. The molecule has 1 aromatic heterocycles. The molecule has 1 aliphatic heterocycles. The maximum absolute atomic E-state index is 13.6. The molecule has 2 aromatic rings. The molecule has 1 saturated heterocycles. The Hall–Kier alpha value is -2.39. The van der Waals surface area contributed by atoms with E-state index in [-0.39, 0.29) is 24.8 Å². The van der Waals surface area contributed by atoms with Gasteiger partial charge in [-0.15, -0.1) is 0 Å². The predicted molar refractivity (Wildman–Crippen MR) is 99.8 cm³/mol. The number of halogens is 4. The Balaban J connectivity index is 1.82. The lowest BCUT2D eigenvalue weighted by molar-refractivity contribution is -0.141. The van der Waals surface area contributed by atoms with Crippen molar-refractivity contribution in [1.29, 1.82) is 0 Å². The quantitative estimate of drug-likeness (QED) is 0.681. The smallest absolute Gasteiger partial charge is 0.434 e. The van der Waals surface area contributed by atoms with Crippen LogP contribution in [0.2, 0.25) is 5.02 Å². The van der Waals surface area contributed by atoms with Gasteiger partial charge in [-0.1, -0.05) is 23.7 Å². The fourth-order valence-corrected chi connectivity index (χ4v) is 3.16. The summed E-state index contributed by atoms with van der Waals surface area (Å²) in [5.74, 6) is -1.25. The first-order chi connectivity index (χ1) is 13.6. The van der Waals surface area contributed by atoms with Gasteiger partial charge in [0, 0.05) is 24.3 Å². The Bertz CT molecular complexity index is 867. The number of ether oxygens (including phenoxy) is 2. The summed E-state index contributed by atoms with van der Waals surface area (Å²) in [4.78, 5) is 21.5. The van der Waals surface area contributed by atoms with E-state index in [0.29, 0.717) is 23.7 Å². The number of carbonyl (C=O) groups excluding carboxylic acids is 1. The zero-order valence-corrected chi connectivity index (χ0v) is 16.5. The summed E-state index contributed by atoms with van der Waals surface area (Å²) < 4.78 is 51.3. The van der Waals surface area contributed by atoms with Crippen LogP contribution in [0.25, 0.3) is 0 Å². The van der Waals surface area contributed by atoms with E-state index in [1.807, 2.05) is 13.8 Å². The van der Waals surface area contributed by atoms with Gasteiger partial charge in [0.05, 0.1) is 12.2 Å². The highest BCUT2D eigenvalue weighted by molar-refractivity contribution is 6.30. The fourth-order valence-electron chi connectivity index (χ4n) is 3.04. The average molecular weight is 430 g/mol. The first-order valence-corrected chi connectivity index (χ1v) is 9.27. The largest absolute Gasteiger partial charge is 0.457 e. The third-order valence-electron chi connectivity index (χ3n) is 4.25. The fraction of sp³-hybridized carbons (Fsp3) is 0.421. The van der Waals surface area contributed by atoms with E-state index in [1.165, 1.54) is 0 Å². The van der Waals surface area contributed by atoms with Crippen molar-refractivity contribution in [1.82, 2.24) is 9.97 Å². The first kappa shape index (κ1) is 21.3. The van der Waals surface area contributed by atoms with Gasteiger partial charge in [-0.25, -0.2) is 14.8 Å². The maximum atomic E-state index is 13.6. The molecule has 1 fully saturated rings. The highest BCUT2D eigenvalue weighted by Gasteiger charge is 2.39. The standard InChI is InChI=1S/C19H19ClF3N3O3/c1-11-8-26(9-12(2)29-11)18-24-7-15(16(25-18)19(21,22)23)17(27)28-10-13-3-5-14(20)6-4-13/h3-7,11-12H,8-10H2,1-2H3. The number of hydrogen-bond acceptors (Lipinski definition) is 6. The molecule has 1 aliphatic rings. The Morgan fingerprint density at radius 2 is 1.86 bits per heavy atom. The van der Waals surface area contributed by atoms with E-state index in [0.717, 1.165) is 6.20 Å². The van der Waals surface area contributed by atoms with E-state index in [1.54, 1.807) is 29.2 Å². The van der Waals surface area contributed by atoms with Gasteiger partial charge in [0.25, 0.3) is 0 Å². The van der Waals surface area contributed by atoms with Crippen molar-refractivity contribution in [3.05, 3.63) is 52.3 Å². The van der Waals surface area contributed by atoms with Crippen molar-refractivity contribution >= 4 is 23.5 Å². The van der Waals surface area contributed by atoms with Crippen LogP contribution in [0.15, 0.2) is 30.5 Å². The SMILES string of the molecule is CC1CN(c2ncc(C(=O)OCc3ccc(Cl)cc3)c(C(F)(F)F)n2)CC(C)O1. The number of nitrogens with zero attached hydrogens (tertiary/aromatic N) is 3. The van der Waals surface area contributed by atoms with Crippen LogP contribution in [0.1, 0.15) is 35.5 Å². The van der Waals surface area contributed by atoms with Crippen molar-refractivity contribution in [3.63, 3.8) is 0 Å². The normalized spacial score (nSPS) is 19.9. The average Bonchev–Trinajstić information content (AvgIpc) is 2.65. The molecule has 0 aliphatic carbocycles. The molecule has 0 radical (unpaired) electrons. The summed E-state index contributed by atoms with van der Waals surface area (Å²) in [6.45, 7) is 4.13. The molecule has 1 aromatic carbocycles. The Labute approximate surface area is 170 Å². The van der Waals surface area contributed by atoms with Crippen molar-refractivity contribution < 1.29 is 27.4 Å². The summed E-state index contributed by atoms with van der Waals surface area (Å²) in [6, 6.07) is 6.41. The van der Waals surface area contributed by atoms with E-state index in [4.69, 9.17) is 21.1 Å². The highest BCUT2D eigenvalue weighted by atomic mass is 35.5. The highest BCUT2D eigenvalue weighted by Crippen LogP contribution is 2.32. The predicted octanol–water partition coefficient (Wildman–Crippen LogP) is 4.12. The zero-order valence-electron chi connectivity index (χ0n) is 15.7. The number of anilines is 1. The van der Waals surface area contributed by atoms with E-state index in [9.17, 15) is 18.0 Å². The van der Waals surface area contributed by atoms with Crippen molar-refractivity contribution in [3.8, 4) is 0 Å². The maximum Gasteiger partial charge on any atom is 0.434 e. The van der Waals surface area contributed by atoms with Gasteiger partial charge in [0.1, 0.15) is 12.2 Å². The molecule has 2 unspecified atom stereocenters. The minimum Gasteiger partial charge on any atom is -0.457 e. The van der Waals surface area contributed by atoms with Gasteiger partial charge in [0.2, 0.25) is 5.95 Å². The topological polar surface area (TPSA) is 64.6 Å². The molecule has 156 valence electrons. The number of morpholine rings is 1. The molecule has 2 atom stereocenters. The molecule has 0 saturated carbocycles. The molecule has 29 heavy (non-hydrogen) atoms. The van der Waals surface area contributed by atoms with Crippen LogP contribution in [-0.2, 0) is 22.3 Å². The Kier molecular flexibility index (Phi) is 6.28. The van der Waals surface area contributed by atoms with E-state index in [2.05, 4.69) is 9.97 Å². The minimum atomic E-state index is -4.84. The molecule has 0 N–H and O–H groups in total. The second-order valence-corrected chi connectivity index (χ2v) is 7.23. The van der Waals surface area contributed by atoms with E-state index < -0.39 is 23.4 Å². The zero-order chi connectivity index (χ0) is 21.2. The number of rotatable bonds is 4. The first-order valence-electron chi connectivity index (χ1n) is 8.89. The summed E-state index contributed by atoms with van der Waals surface area (Å²) in [5, 5.41) is 0.496. The lowest BCUT2D eigenvalue weighted by atomic mass is 10.2. The van der Waals surface area contributed by atoms with Gasteiger partial charge in [-0.05, 0) is 31.5 Å². The summed E-state index contributed by atoms with van der Waals surface area (Å²) in [7, 11) is 0. The molecule has 2 heterocycles. The molecular formula is C19H19ClF3N3O3. The number of aromatic nitrogens is 2. The lowest BCUT2D eigenvalue weighted by Crippen LogP contribution is -2.46. The third kappa shape index (κ3) is 5.36. The molecule has 10 heteroatoms. The summed E-state index contributed by atoms with van der Waals surface area (Å²) in [5.41, 5.74) is -1.47. The molecule has 6 nitrogen and oxygen atoms in total. The number of benzene rings is 1. The Morgan fingerprint density at radius 3 is 2.45 bits per heavy atom. The van der Waals surface area contributed by atoms with Gasteiger partial charge in [0.15, 0.2) is 5.69 Å². The summed E-state index contributed by atoms with van der Waals surface area (Å²) in [6.07, 6.45) is -4.34. The Morgan fingerprint density at radius 1 is 1.24 bits per heavy atom. The monoisotopic (exact) mass is 429 g/mol. The second-order valence-electron chi connectivity index (χ2n) is 6.79. The number of alkyl halides is 3. The van der Waals surface area contributed by atoms with Crippen LogP contribution in [-0.4, -0.2) is 41.2 Å². The van der Waals surface area contributed by atoms with Crippen molar-refractivity contribution in [2.24, 2.45) is 0 Å². The van der Waals surface area contributed by atoms with Crippen LogP contribution in [0.5, 0.6) is 0 Å². The number of hydrogen-bond donors (Lipinski definition) is 0. The van der Waals surface area contributed by atoms with Crippen LogP contribution < -0.4 is 4.90 Å². The van der Waals surface area contributed by atoms with E-state index >= 15 is 0 Å². The lowest BCUT2D eigenvalue weighted by Gasteiger charge is -2.35. The van der Waals surface area contributed by atoms with Gasteiger partial charge in [-0.3, -0.25) is 0 Å². The molecule has 0 bridgehead atoms. The van der Waals surface area contributed by atoms with Crippen molar-refractivity contribution in [2.75, 3.05) is 18.0 Å². The number of carbonyl (C=O) groups is 1. The molecule has 0 spiro atoms. The van der Waals surface area contributed by atoms with Gasteiger partial charge < -0.3 is 14.4 Å². The molecular weight excluding hydrogens is 411 g/mol. The van der Waals surface area contributed by atoms with Crippen LogP contribution in [0, 0.1) is 0 Å². The summed E-state index contributed by atoms with van der Waals surface area (Å²) >= 11 is 5.78. The van der Waals surface area contributed by atoms with Crippen molar-refractivity contribution in [2.45, 2.75) is 38.8 Å². The van der Waals surface area contributed by atoms with Crippen LogP contribution in [0.3, 0.4) is 0 Å². The van der Waals surface area contributed by atoms with Crippen LogP contribution >= 0.6 is 11.6 Å². The molecule has 0 amide bonds. The third-order valence-corrected chi connectivity index (χ3v) is 4.50. The second kappa shape index (κ2) is 8.54. The van der Waals surface area contributed by atoms with Gasteiger partial charge >= 0.3 is 12.1 Å². The van der Waals surface area contributed by atoms with Crippen LogP contribution in [0.4, 0.5) is 19.1 Å².